The van der Waals surface area contributed by atoms with Crippen molar-refractivity contribution in [3.8, 4) is 10.4 Å². The molecule has 0 spiro atoms. The van der Waals surface area contributed by atoms with Crippen LogP contribution in [0, 0.1) is 17.8 Å². The maximum Gasteiger partial charge on any atom is 0.0346 e. The number of benzene rings is 1. The zero-order valence-electron chi connectivity index (χ0n) is 15.0. The fourth-order valence-electron chi connectivity index (χ4n) is 5.99. The van der Waals surface area contributed by atoms with E-state index < -0.39 is 0 Å². The van der Waals surface area contributed by atoms with E-state index in [0.29, 0.717) is 5.54 Å². The SMILES string of the molecule is CSc1ccc(-c2ccc(CNC34CC5CC(CC(C5)C3)C4)s2)cc1. The number of thiophene rings is 1. The Balaban J connectivity index is 1.27. The summed E-state index contributed by atoms with van der Waals surface area (Å²) < 4.78 is 0. The predicted molar refractivity (Wildman–Crippen MR) is 109 cm³/mol. The Labute approximate surface area is 159 Å². The van der Waals surface area contributed by atoms with E-state index in [2.05, 4.69) is 48.0 Å². The molecule has 1 aromatic carbocycles. The molecule has 0 unspecified atom stereocenters. The monoisotopic (exact) mass is 369 g/mol. The third kappa shape index (κ3) is 3.20. The average Bonchev–Trinajstić information content (AvgIpc) is 3.08. The van der Waals surface area contributed by atoms with Gasteiger partial charge >= 0.3 is 0 Å². The third-order valence-corrected chi connectivity index (χ3v) is 8.59. The number of nitrogens with one attached hydrogen (secondary N) is 1. The van der Waals surface area contributed by atoms with E-state index in [9.17, 15) is 0 Å². The van der Waals surface area contributed by atoms with Crippen LogP contribution >= 0.6 is 23.1 Å². The summed E-state index contributed by atoms with van der Waals surface area (Å²) in [6.07, 6.45) is 11.0. The molecule has 1 N–H and O–H groups in total. The fraction of sp³-hybridized carbons (Fsp3) is 0.545. The second kappa shape index (κ2) is 6.44. The van der Waals surface area contributed by atoms with E-state index >= 15 is 0 Å². The summed E-state index contributed by atoms with van der Waals surface area (Å²) in [5, 5.41) is 4.03. The van der Waals surface area contributed by atoms with Crippen LogP contribution in [0.1, 0.15) is 43.4 Å². The number of thioether (sulfide) groups is 1. The molecule has 2 aromatic rings. The molecule has 4 bridgehead atoms. The lowest BCUT2D eigenvalue weighted by Crippen LogP contribution is -2.58. The van der Waals surface area contributed by atoms with Crippen LogP contribution in [0.15, 0.2) is 41.3 Å². The molecule has 0 amide bonds. The minimum Gasteiger partial charge on any atom is -0.306 e. The largest absolute Gasteiger partial charge is 0.306 e. The van der Waals surface area contributed by atoms with Crippen LogP contribution in [0.2, 0.25) is 0 Å². The molecular formula is C22H27NS2. The van der Waals surface area contributed by atoms with Crippen LogP contribution < -0.4 is 5.32 Å². The van der Waals surface area contributed by atoms with Crippen LogP contribution in [-0.4, -0.2) is 11.8 Å². The lowest BCUT2D eigenvalue weighted by Gasteiger charge is -2.57. The van der Waals surface area contributed by atoms with Gasteiger partial charge in [0.25, 0.3) is 0 Å². The summed E-state index contributed by atoms with van der Waals surface area (Å²) in [6, 6.07) is 13.6. The van der Waals surface area contributed by atoms with Crippen molar-refractivity contribution in [1.82, 2.24) is 5.32 Å². The maximum absolute atomic E-state index is 4.03. The molecule has 4 fully saturated rings. The molecular weight excluding hydrogens is 342 g/mol. The fourth-order valence-corrected chi connectivity index (χ4v) is 7.35. The van der Waals surface area contributed by atoms with Crippen LogP contribution in [0.4, 0.5) is 0 Å². The van der Waals surface area contributed by atoms with Gasteiger partial charge in [-0.05, 0) is 92.4 Å². The summed E-state index contributed by atoms with van der Waals surface area (Å²) in [4.78, 5) is 4.22. The lowest BCUT2D eigenvalue weighted by molar-refractivity contribution is -0.0204. The molecule has 4 saturated carbocycles. The van der Waals surface area contributed by atoms with Crippen LogP contribution in [-0.2, 0) is 6.54 Å². The highest BCUT2D eigenvalue weighted by Gasteiger charge is 2.50. The molecule has 0 radical (unpaired) electrons. The van der Waals surface area contributed by atoms with Gasteiger partial charge in [-0.3, -0.25) is 0 Å². The van der Waals surface area contributed by atoms with E-state index in [1.807, 2.05) is 11.3 Å². The van der Waals surface area contributed by atoms with Crippen molar-refractivity contribution in [2.24, 2.45) is 17.8 Å². The molecule has 1 heterocycles. The second-order valence-corrected chi connectivity index (χ2v) is 10.6. The van der Waals surface area contributed by atoms with Gasteiger partial charge in [0, 0.05) is 26.7 Å². The van der Waals surface area contributed by atoms with Crippen LogP contribution in [0.3, 0.4) is 0 Å². The highest BCUT2D eigenvalue weighted by molar-refractivity contribution is 7.98. The van der Waals surface area contributed by atoms with Gasteiger partial charge in [0.1, 0.15) is 0 Å². The standard InChI is InChI=1S/C22H27NS2/c1-24-19-4-2-18(3-5-19)21-7-6-20(25-21)14-23-22-11-15-8-16(12-22)10-17(9-15)13-22/h2-7,15-17,23H,8-14H2,1H3. The quantitative estimate of drug-likeness (QED) is 0.630. The van der Waals surface area contributed by atoms with Crippen molar-refractivity contribution in [1.29, 1.82) is 0 Å². The Morgan fingerprint density at radius 2 is 1.60 bits per heavy atom. The Bertz CT molecular complexity index is 710. The van der Waals surface area contributed by atoms with Gasteiger partial charge in [0.05, 0.1) is 0 Å². The minimum absolute atomic E-state index is 0.471. The Morgan fingerprint density at radius 1 is 0.960 bits per heavy atom. The number of hydrogen-bond acceptors (Lipinski definition) is 3. The molecule has 4 aliphatic rings. The van der Waals surface area contributed by atoms with Gasteiger partial charge in [0.2, 0.25) is 0 Å². The van der Waals surface area contributed by atoms with E-state index in [1.54, 1.807) is 11.8 Å². The van der Waals surface area contributed by atoms with E-state index in [0.717, 1.165) is 24.3 Å². The minimum atomic E-state index is 0.471. The zero-order valence-corrected chi connectivity index (χ0v) is 16.6. The first-order valence-electron chi connectivity index (χ1n) is 9.69. The smallest absolute Gasteiger partial charge is 0.0346 e. The first-order chi connectivity index (χ1) is 12.2. The Morgan fingerprint density at radius 3 is 2.20 bits per heavy atom. The summed E-state index contributed by atoms with van der Waals surface area (Å²) in [6.45, 7) is 1.06. The van der Waals surface area contributed by atoms with Crippen molar-refractivity contribution >= 4 is 23.1 Å². The first-order valence-corrected chi connectivity index (χ1v) is 11.7. The first kappa shape index (κ1) is 16.4. The van der Waals surface area contributed by atoms with Crippen LogP contribution in [0.5, 0.6) is 0 Å². The summed E-state index contributed by atoms with van der Waals surface area (Å²) in [7, 11) is 0. The van der Waals surface area contributed by atoms with Gasteiger partial charge in [0.15, 0.2) is 0 Å². The predicted octanol–water partition coefficient (Wildman–Crippen LogP) is 6.20. The van der Waals surface area contributed by atoms with Gasteiger partial charge in [-0.2, -0.15) is 0 Å². The van der Waals surface area contributed by atoms with E-state index in [-0.39, 0.29) is 0 Å². The summed E-state index contributed by atoms with van der Waals surface area (Å²) >= 11 is 3.77. The number of hydrogen-bond donors (Lipinski definition) is 1. The molecule has 4 aliphatic carbocycles. The summed E-state index contributed by atoms with van der Waals surface area (Å²) in [5.74, 6) is 3.06. The molecule has 1 aromatic heterocycles. The lowest BCUT2D eigenvalue weighted by atomic mass is 9.53. The van der Waals surface area contributed by atoms with E-state index in [4.69, 9.17) is 0 Å². The van der Waals surface area contributed by atoms with Crippen molar-refractivity contribution in [3.63, 3.8) is 0 Å². The second-order valence-electron chi connectivity index (χ2n) is 8.55. The molecule has 0 saturated heterocycles. The Hall–Kier alpha value is -0.770. The van der Waals surface area contributed by atoms with E-state index in [1.165, 1.54) is 58.7 Å². The zero-order chi connectivity index (χ0) is 16.9. The number of rotatable bonds is 5. The van der Waals surface area contributed by atoms with Crippen LogP contribution in [0.25, 0.3) is 10.4 Å². The van der Waals surface area contributed by atoms with Crippen molar-refractivity contribution in [3.05, 3.63) is 41.3 Å². The molecule has 132 valence electrons. The molecule has 0 atom stereocenters. The van der Waals surface area contributed by atoms with Crippen molar-refractivity contribution in [2.75, 3.05) is 6.26 Å². The van der Waals surface area contributed by atoms with Crippen molar-refractivity contribution in [2.45, 2.75) is 55.5 Å². The molecule has 25 heavy (non-hydrogen) atoms. The maximum atomic E-state index is 4.03. The molecule has 3 heteroatoms. The van der Waals surface area contributed by atoms with Gasteiger partial charge < -0.3 is 5.32 Å². The Kier molecular flexibility index (Phi) is 4.22. The molecule has 6 rings (SSSR count). The highest BCUT2D eigenvalue weighted by Crippen LogP contribution is 2.55. The van der Waals surface area contributed by atoms with Gasteiger partial charge in [-0.25, -0.2) is 0 Å². The normalized spacial score (nSPS) is 33.1. The topological polar surface area (TPSA) is 12.0 Å². The van der Waals surface area contributed by atoms with Crippen molar-refractivity contribution < 1.29 is 0 Å². The van der Waals surface area contributed by atoms with Gasteiger partial charge in [-0.1, -0.05) is 12.1 Å². The average molecular weight is 370 g/mol. The molecule has 1 nitrogen and oxygen atoms in total. The third-order valence-electron chi connectivity index (χ3n) is 6.71. The molecule has 0 aliphatic heterocycles. The summed E-state index contributed by atoms with van der Waals surface area (Å²) in [5.41, 5.74) is 1.82. The van der Waals surface area contributed by atoms with Gasteiger partial charge in [-0.15, -0.1) is 23.1 Å². The highest BCUT2D eigenvalue weighted by atomic mass is 32.2.